The summed E-state index contributed by atoms with van der Waals surface area (Å²) >= 11 is 2.27. The van der Waals surface area contributed by atoms with Crippen molar-refractivity contribution in [2.45, 2.75) is 39.4 Å². The van der Waals surface area contributed by atoms with Gasteiger partial charge in [0, 0.05) is 6.20 Å². The van der Waals surface area contributed by atoms with Crippen LogP contribution in [0.2, 0.25) is 13.1 Å². The molecule has 0 atom stereocenters. The largest absolute Gasteiger partial charge is 1.00 e. The molecule has 1 heterocycles. The van der Waals surface area contributed by atoms with Crippen LogP contribution in [0.4, 0.5) is 0 Å². The van der Waals surface area contributed by atoms with Crippen LogP contribution in [0.25, 0.3) is 27.8 Å². The van der Waals surface area contributed by atoms with Gasteiger partial charge in [0.25, 0.3) is 0 Å². The number of halogens is 2. The predicted molar refractivity (Wildman–Crippen MR) is 101 cm³/mol. The van der Waals surface area contributed by atoms with E-state index in [1.165, 1.54) is 22.0 Å². The Labute approximate surface area is 176 Å². The number of rotatable bonds is 1. The van der Waals surface area contributed by atoms with Crippen molar-refractivity contribution in [3.63, 3.8) is 0 Å². The summed E-state index contributed by atoms with van der Waals surface area (Å²) in [6.45, 7) is 10.1. The van der Waals surface area contributed by atoms with E-state index in [4.69, 9.17) is 5.73 Å². The first kappa shape index (κ1) is 26.8. The predicted octanol–water partition coefficient (Wildman–Crippen LogP) is 0.183. The first-order valence-electron chi connectivity index (χ1n) is 7.73. The Bertz CT molecular complexity index is 721. The minimum Gasteiger partial charge on any atom is -1.00 e. The Morgan fingerprint density at radius 3 is 2.04 bits per heavy atom. The molecule has 2 aromatic carbocycles. The van der Waals surface area contributed by atoms with Crippen molar-refractivity contribution >= 4 is 17.0 Å². The van der Waals surface area contributed by atoms with E-state index in [1.54, 1.807) is 0 Å². The van der Waals surface area contributed by atoms with E-state index in [2.05, 4.69) is 79.7 Å². The van der Waals surface area contributed by atoms with Crippen molar-refractivity contribution in [2.75, 3.05) is 0 Å². The van der Waals surface area contributed by atoms with Crippen molar-refractivity contribution in [1.82, 2.24) is 4.98 Å². The fourth-order valence-electron chi connectivity index (χ4n) is 1.88. The normalized spacial score (nSPS) is 9.60. The summed E-state index contributed by atoms with van der Waals surface area (Å²) in [6, 6.07) is 16.9. The molecular formula is C19H26Cl2N2SiTi-2. The second-order valence-electron chi connectivity index (χ2n) is 6.67. The second kappa shape index (κ2) is 12.9. The number of aromatic nitrogens is 1. The van der Waals surface area contributed by atoms with Gasteiger partial charge in [0.2, 0.25) is 0 Å². The number of H-pyrrole nitrogens is 1. The quantitative estimate of drug-likeness (QED) is 0.424. The Morgan fingerprint density at radius 2 is 1.56 bits per heavy atom. The molecule has 136 valence electrons. The summed E-state index contributed by atoms with van der Waals surface area (Å²) in [6.07, 6.45) is 2.08. The van der Waals surface area contributed by atoms with Crippen LogP contribution in [0.3, 0.4) is 0 Å². The summed E-state index contributed by atoms with van der Waals surface area (Å²) in [5.41, 5.74) is 9.16. The summed E-state index contributed by atoms with van der Waals surface area (Å²) in [4.78, 5) is 3.23. The number of hydrogen-bond donors (Lipinski definition) is 1. The molecular weight excluding hydrogens is 403 g/mol. The van der Waals surface area contributed by atoms with E-state index in [9.17, 15) is 0 Å². The van der Waals surface area contributed by atoms with Gasteiger partial charge in [0.1, 0.15) is 0 Å². The number of nitrogens with one attached hydrogen (secondary N) is 2. The van der Waals surface area contributed by atoms with E-state index >= 15 is 0 Å². The first-order chi connectivity index (χ1) is 10.7. The smallest absolute Gasteiger partial charge is 0.000299 e. The fraction of sp³-hybridized carbons (Fsp3) is 0.316. The minimum atomic E-state index is -0.250. The van der Waals surface area contributed by atoms with Crippen LogP contribution in [-0.4, -0.2) is 16.7 Å². The minimum absolute atomic E-state index is 0. The summed E-state index contributed by atoms with van der Waals surface area (Å²) in [7, 11) is 0. The number of hydrogen-bond acceptors (Lipinski definition) is 0. The topological polar surface area (TPSA) is 39.6 Å². The maximum absolute atomic E-state index is 6.94. The molecule has 0 fully saturated rings. The van der Waals surface area contributed by atoms with Crippen LogP contribution < -0.4 is 24.8 Å². The molecule has 1 aromatic heterocycles. The Balaban J connectivity index is 0. The van der Waals surface area contributed by atoms with E-state index in [0.717, 1.165) is 0 Å². The van der Waals surface area contributed by atoms with Crippen LogP contribution in [0.5, 0.6) is 0 Å². The van der Waals surface area contributed by atoms with Crippen molar-refractivity contribution in [3.05, 3.63) is 60.5 Å². The van der Waals surface area contributed by atoms with Gasteiger partial charge in [-0.15, -0.1) is 52.2 Å². The van der Waals surface area contributed by atoms with Crippen LogP contribution in [-0.2, 0) is 19.2 Å². The standard InChI is InChI=1S/C13H10N.C4H10N.C2H6Si.2ClH.Ti/c1-2-5-11-10(4-1)7-8-12(11)13-6-3-9-14-13;1-4(2,3)5;1-3-2;;;/h1-9,14H;5H,1-3H3;1-2H3;2*1H;/q2*-1;;;;+2/p-2. The molecule has 0 bridgehead atoms. The van der Waals surface area contributed by atoms with Gasteiger partial charge < -0.3 is 35.5 Å². The Kier molecular flexibility index (Phi) is 13.8. The monoisotopic (exact) mass is 428 g/mol. The summed E-state index contributed by atoms with van der Waals surface area (Å²) in [5, 5.41) is 2.62. The van der Waals surface area contributed by atoms with Crippen LogP contribution in [0.15, 0.2) is 54.7 Å². The molecule has 3 aromatic rings. The Hall–Kier alpha value is -0.419. The average Bonchev–Trinajstić information content (AvgIpc) is 3.04. The van der Waals surface area contributed by atoms with Crippen LogP contribution >= 0.6 is 0 Å². The van der Waals surface area contributed by atoms with Crippen molar-refractivity contribution < 1.29 is 44.0 Å². The van der Waals surface area contributed by atoms with Gasteiger partial charge in [-0.2, -0.15) is 0 Å². The van der Waals surface area contributed by atoms with Crippen molar-refractivity contribution in [1.29, 1.82) is 0 Å². The third-order valence-corrected chi connectivity index (χ3v) is 2.57. The van der Waals surface area contributed by atoms with Crippen molar-refractivity contribution in [3.8, 4) is 11.3 Å². The molecule has 0 radical (unpaired) electrons. The molecule has 6 heteroatoms. The molecule has 0 spiro atoms. The van der Waals surface area contributed by atoms with E-state index < -0.39 is 0 Å². The molecule has 25 heavy (non-hydrogen) atoms. The molecule has 2 nitrogen and oxygen atoms in total. The van der Waals surface area contributed by atoms with Gasteiger partial charge >= 0.3 is 38.5 Å². The summed E-state index contributed by atoms with van der Waals surface area (Å²) in [5.74, 6) is 0. The molecule has 0 saturated carbocycles. The van der Waals surface area contributed by atoms with E-state index in [0.29, 0.717) is 0 Å². The van der Waals surface area contributed by atoms with Gasteiger partial charge in [0.05, 0.1) is 0 Å². The number of fused-ring (bicyclic) bond motifs is 1. The third kappa shape index (κ3) is 11.7. The Morgan fingerprint density at radius 1 is 1.04 bits per heavy atom. The molecule has 0 unspecified atom stereocenters. The van der Waals surface area contributed by atoms with Gasteiger partial charge in [-0.3, -0.25) is 0 Å². The third-order valence-electron chi connectivity index (χ3n) is 2.57. The first-order valence-corrected chi connectivity index (χ1v) is 12.6. The number of benzene rings is 1. The van der Waals surface area contributed by atoms with E-state index in [1.807, 2.05) is 33.0 Å². The zero-order chi connectivity index (χ0) is 17.5. The second-order valence-corrected chi connectivity index (χ2v) is 13.4. The maximum Gasteiger partial charge on any atom is 0.000299 e. The molecule has 0 amide bonds. The molecule has 0 saturated heterocycles. The SMILES string of the molecule is CC(C)(C)[NH-].C[Si](C)=[Ti+2].[Cl-].[Cl-].c1c[nH]c(-c2c[cH-]c3ccccc23)c1. The molecule has 2 N–H and O–H groups in total. The zero-order valence-electron chi connectivity index (χ0n) is 15.5. The maximum atomic E-state index is 6.94. The molecule has 0 aliphatic rings. The van der Waals surface area contributed by atoms with Crippen molar-refractivity contribution in [2.24, 2.45) is 0 Å². The van der Waals surface area contributed by atoms with E-state index in [-0.39, 0.29) is 36.5 Å². The summed E-state index contributed by atoms with van der Waals surface area (Å²) < 4.78 is 0. The zero-order valence-corrected chi connectivity index (χ0v) is 19.5. The number of aromatic amines is 1. The van der Waals surface area contributed by atoms with Gasteiger partial charge in [-0.05, 0) is 17.8 Å². The average molecular weight is 429 g/mol. The van der Waals surface area contributed by atoms with Gasteiger partial charge in [0.15, 0.2) is 0 Å². The van der Waals surface area contributed by atoms with Gasteiger partial charge in [-0.25, -0.2) is 0 Å². The molecule has 0 aliphatic carbocycles. The fourth-order valence-corrected chi connectivity index (χ4v) is 1.88. The van der Waals surface area contributed by atoms with Crippen LogP contribution in [0, 0.1) is 0 Å². The molecule has 0 aliphatic heterocycles. The van der Waals surface area contributed by atoms with Crippen LogP contribution in [0.1, 0.15) is 20.8 Å². The van der Waals surface area contributed by atoms with Gasteiger partial charge in [-0.1, -0.05) is 26.8 Å². The molecule has 3 rings (SSSR count).